The number of ether oxygens (including phenoxy) is 2. The highest BCUT2D eigenvalue weighted by atomic mass is 16.5. The largest absolute Gasteiger partial charge is 0.496 e. The second kappa shape index (κ2) is 8.48. The second-order valence-electron chi connectivity index (χ2n) is 6.79. The summed E-state index contributed by atoms with van der Waals surface area (Å²) in [5.74, 6) is 1.56. The predicted octanol–water partition coefficient (Wildman–Crippen LogP) is 2.11. The van der Waals surface area contributed by atoms with Gasteiger partial charge in [-0.3, -0.25) is 9.80 Å². The van der Waals surface area contributed by atoms with E-state index in [0.29, 0.717) is 5.56 Å². The van der Waals surface area contributed by atoms with Crippen LogP contribution in [-0.4, -0.2) is 62.8 Å². The Kier molecular flexibility index (Phi) is 6.08. The minimum Gasteiger partial charge on any atom is -0.496 e. The van der Waals surface area contributed by atoms with Gasteiger partial charge in [-0.1, -0.05) is 6.07 Å². The molecule has 2 aliphatic heterocycles. The Morgan fingerprint density at radius 3 is 2.83 bits per heavy atom. The SMILES string of the molecule is COc1cc(C#N)ccc1CN1CCCC(CN2CCOCC2)C1. The quantitative estimate of drug-likeness (QED) is 0.828. The molecule has 5 nitrogen and oxygen atoms in total. The Balaban J connectivity index is 1.58. The van der Waals surface area contributed by atoms with E-state index in [1.165, 1.54) is 24.9 Å². The number of rotatable bonds is 5. The van der Waals surface area contributed by atoms with Crippen molar-refractivity contribution in [1.82, 2.24) is 9.80 Å². The molecule has 3 rings (SSSR count). The van der Waals surface area contributed by atoms with Crippen molar-refractivity contribution in [3.8, 4) is 11.8 Å². The molecule has 2 saturated heterocycles. The van der Waals surface area contributed by atoms with Gasteiger partial charge in [0.05, 0.1) is 32.0 Å². The summed E-state index contributed by atoms with van der Waals surface area (Å²) in [5, 5.41) is 9.03. The summed E-state index contributed by atoms with van der Waals surface area (Å²) in [7, 11) is 1.68. The zero-order valence-corrected chi connectivity index (χ0v) is 14.5. The molecule has 0 aromatic heterocycles. The highest BCUT2D eigenvalue weighted by Crippen LogP contribution is 2.25. The van der Waals surface area contributed by atoms with E-state index in [0.717, 1.165) is 57.6 Å². The predicted molar refractivity (Wildman–Crippen MR) is 93.0 cm³/mol. The summed E-state index contributed by atoms with van der Waals surface area (Å²) >= 11 is 0. The van der Waals surface area contributed by atoms with E-state index in [2.05, 4.69) is 15.9 Å². The Morgan fingerprint density at radius 1 is 1.25 bits per heavy atom. The molecule has 1 aromatic rings. The van der Waals surface area contributed by atoms with Crippen molar-refractivity contribution < 1.29 is 9.47 Å². The first kappa shape index (κ1) is 17.2. The summed E-state index contributed by atoms with van der Waals surface area (Å²) in [4.78, 5) is 5.07. The van der Waals surface area contributed by atoms with Crippen LogP contribution in [0.2, 0.25) is 0 Å². The van der Waals surface area contributed by atoms with Crippen LogP contribution in [0.5, 0.6) is 5.75 Å². The number of nitriles is 1. The number of morpholine rings is 1. The smallest absolute Gasteiger partial charge is 0.124 e. The fourth-order valence-corrected chi connectivity index (χ4v) is 3.78. The van der Waals surface area contributed by atoms with E-state index >= 15 is 0 Å². The average Bonchev–Trinajstić information content (AvgIpc) is 2.63. The molecule has 1 atom stereocenters. The van der Waals surface area contributed by atoms with Gasteiger partial charge in [-0.2, -0.15) is 5.26 Å². The Labute approximate surface area is 144 Å². The summed E-state index contributed by atoms with van der Waals surface area (Å²) in [6.45, 7) is 8.25. The highest BCUT2D eigenvalue weighted by Gasteiger charge is 2.23. The van der Waals surface area contributed by atoms with Crippen LogP contribution in [0, 0.1) is 17.2 Å². The topological polar surface area (TPSA) is 48.7 Å². The minimum atomic E-state index is 0.652. The van der Waals surface area contributed by atoms with Crippen molar-refractivity contribution in [2.75, 3.05) is 53.0 Å². The zero-order chi connectivity index (χ0) is 16.8. The van der Waals surface area contributed by atoms with E-state index in [1.54, 1.807) is 7.11 Å². The van der Waals surface area contributed by atoms with Gasteiger partial charge in [-0.15, -0.1) is 0 Å². The molecule has 2 fully saturated rings. The normalized spacial score (nSPS) is 22.9. The molecule has 5 heteroatoms. The van der Waals surface area contributed by atoms with E-state index < -0.39 is 0 Å². The van der Waals surface area contributed by atoms with Crippen molar-refractivity contribution in [1.29, 1.82) is 5.26 Å². The number of piperidine rings is 1. The van der Waals surface area contributed by atoms with Crippen LogP contribution in [0.1, 0.15) is 24.0 Å². The lowest BCUT2D eigenvalue weighted by Crippen LogP contribution is -2.44. The highest BCUT2D eigenvalue weighted by molar-refractivity contribution is 5.42. The van der Waals surface area contributed by atoms with E-state index in [9.17, 15) is 0 Å². The summed E-state index contributed by atoms with van der Waals surface area (Å²) in [6.07, 6.45) is 2.58. The number of likely N-dealkylation sites (tertiary alicyclic amines) is 1. The number of hydrogen-bond donors (Lipinski definition) is 0. The molecule has 0 saturated carbocycles. The summed E-state index contributed by atoms with van der Waals surface area (Å²) < 4.78 is 10.9. The van der Waals surface area contributed by atoms with Crippen LogP contribution in [0.15, 0.2) is 18.2 Å². The molecule has 24 heavy (non-hydrogen) atoms. The summed E-state index contributed by atoms with van der Waals surface area (Å²) in [6, 6.07) is 7.93. The Bertz CT molecular complexity index is 578. The lowest BCUT2D eigenvalue weighted by atomic mass is 9.96. The van der Waals surface area contributed by atoms with Gasteiger partial charge in [0.1, 0.15) is 5.75 Å². The van der Waals surface area contributed by atoms with Crippen LogP contribution >= 0.6 is 0 Å². The molecule has 0 radical (unpaired) electrons. The maximum absolute atomic E-state index is 9.03. The van der Waals surface area contributed by atoms with Gasteiger partial charge in [0.15, 0.2) is 0 Å². The van der Waals surface area contributed by atoms with Crippen LogP contribution in [0.25, 0.3) is 0 Å². The third kappa shape index (κ3) is 4.47. The van der Waals surface area contributed by atoms with Gasteiger partial charge in [-0.05, 0) is 37.4 Å². The van der Waals surface area contributed by atoms with Gasteiger partial charge in [-0.25, -0.2) is 0 Å². The van der Waals surface area contributed by atoms with Crippen LogP contribution in [0.4, 0.5) is 0 Å². The van der Waals surface area contributed by atoms with Crippen molar-refractivity contribution in [2.45, 2.75) is 19.4 Å². The number of nitrogens with zero attached hydrogens (tertiary/aromatic N) is 3. The molecule has 0 N–H and O–H groups in total. The zero-order valence-electron chi connectivity index (χ0n) is 14.5. The van der Waals surface area contributed by atoms with E-state index in [1.807, 2.05) is 18.2 Å². The molecular formula is C19H27N3O2. The molecule has 1 unspecified atom stereocenters. The third-order valence-electron chi connectivity index (χ3n) is 5.03. The molecule has 2 heterocycles. The number of hydrogen-bond acceptors (Lipinski definition) is 5. The standard InChI is InChI=1S/C19H27N3O2/c1-23-19-11-16(12-20)4-5-18(19)15-22-6-2-3-17(14-22)13-21-7-9-24-10-8-21/h4-5,11,17H,2-3,6-10,13-15H2,1H3. The summed E-state index contributed by atoms with van der Waals surface area (Å²) in [5.41, 5.74) is 1.82. The Hall–Kier alpha value is -1.61. The minimum absolute atomic E-state index is 0.652. The number of methoxy groups -OCH3 is 1. The molecule has 1 aromatic carbocycles. The second-order valence-corrected chi connectivity index (χ2v) is 6.79. The average molecular weight is 329 g/mol. The first-order valence-corrected chi connectivity index (χ1v) is 8.88. The van der Waals surface area contributed by atoms with Crippen molar-refractivity contribution in [2.24, 2.45) is 5.92 Å². The first-order chi connectivity index (χ1) is 11.8. The fourth-order valence-electron chi connectivity index (χ4n) is 3.78. The molecule has 0 spiro atoms. The fraction of sp³-hybridized carbons (Fsp3) is 0.632. The van der Waals surface area contributed by atoms with Crippen molar-refractivity contribution in [3.05, 3.63) is 29.3 Å². The molecule has 0 aliphatic carbocycles. The van der Waals surface area contributed by atoms with Crippen LogP contribution in [0.3, 0.4) is 0 Å². The molecule has 130 valence electrons. The van der Waals surface area contributed by atoms with Gasteiger partial charge < -0.3 is 9.47 Å². The van der Waals surface area contributed by atoms with E-state index in [4.69, 9.17) is 14.7 Å². The molecule has 0 amide bonds. The third-order valence-corrected chi connectivity index (χ3v) is 5.03. The number of benzene rings is 1. The first-order valence-electron chi connectivity index (χ1n) is 8.88. The van der Waals surface area contributed by atoms with Gasteiger partial charge in [0.25, 0.3) is 0 Å². The molecule has 0 bridgehead atoms. The molecule has 2 aliphatic rings. The van der Waals surface area contributed by atoms with Crippen molar-refractivity contribution >= 4 is 0 Å². The lowest BCUT2D eigenvalue weighted by Gasteiger charge is -2.37. The van der Waals surface area contributed by atoms with Crippen LogP contribution < -0.4 is 4.74 Å². The Morgan fingerprint density at radius 2 is 2.08 bits per heavy atom. The van der Waals surface area contributed by atoms with Crippen LogP contribution in [-0.2, 0) is 11.3 Å². The van der Waals surface area contributed by atoms with E-state index in [-0.39, 0.29) is 0 Å². The maximum Gasteiger partial charge on any atom is 0.124 e. The van der Waals surface area contributed by atoms with Gasteiger partial charge in [0.2, 0.25) is 0 Å². The maximum atomic E-state index is 9.03. The van der Waals surface area contributed by atoms with Crippen molar-refractivity contribution in [3.63, 3.8) is 0 Å². The monoisotopic (exact) mass is 329 g/mol. The van der Waals surface area contributed by atoms with Gasteiger partial charge in [0, 0.05) is 38.3 Å². The van der Waals surface area contributed by atoms with Gasteiger partial charge >= 0.3 is 0 Å². The lowest BCUT2D eigenvalue weighted by molar-refractivity contribution is 0.0224. The molecular weight excluding hydrogens is 302 g/mol.